The Morgan fingerprint density at radius 3 is 2.20 bits per heavy atom. The molecule has 0 N–H and O–H groups in total. The van der Waals surface area contributed by atoms with Crippen molar-refractivity contribution in [2.75, 3.05) is 6.61 Å². The molecule has 1 aromatic heterocycles. The molecule has 0 atom stereocenters. The van der Waals surface area contributed by atoms with Crippen LogP contribution in [0.15, 0.2) is 18.7 Å². The van der Waals surface area contributed by atoms with Crippen LogP contribution in [0.25, 0.3) is 0 Å². The maximum atomic E-state index is 9.99. The molecule has 0 bridgehead atoms. The fourth-order valence-electron chi connectivity index (χ4n) is 1.62. The SMILES string of the molecule is CCCCCCCCOS(=O)(=O)[O-].Cn1cc[n+](C)c1. The summed E-state index contributed by atoms with van der Waals surface area (Å²) >= 11 is 0. The van der Waals surface area contributed by atoms with Gasteiger partial charge in [0.15, 0.2) is 0 Å². The zero-order valence-electron chi connectivity index (χ0n) is 12.6. The summed E-state index contributed by atoms with van der Waals surface area (Å²) < 4.78 is 38.0. The molecule has 1 rings (SSSR count). The Labute approximate surface area is 122 Å². The van der Waals surface area contributed by atoms with E-state index in [1.165, 1.54) is 19.3 Å². The lowest BCUT2D eigenvalue weighted by Crippen LogP contribution is -2.23. The number of hydrogen-bond donors (Lipinski definition) is 0. The first-order chi connectivity index (χ1) is 9.35. The summed E-state index contributed by atoms with van der Waals surface area (Å²) in [6, 6.07) is 0. The molecular weight excluding hydrogens is 280 g/mol. The second kappa shape index (κ2) is 10.8. The van der Waals surface area contributed by atoms with Gasteiger partial charge < -0.3 is 4.55 Å². The molecule has 0 aromatic carbocycles. The van der Waals surface area contributed by atoms with Crippen molar-refractivity contribution < 1.29 is 21.7 Å². The predicted octanol–water partition coefficient (Wildman–Crippen LogP) is 1.67. The van der Waals surface area contributed by atoms with E-state index in [9.17, 15) is 13.0 Å². The van der Waals surface area contributed by atoms with E-state index in [0.717, 1.165) is 12.8 Å². The maximum absolute atomic E-state index is 9.99. The first-order valence-electron chi connectivity index (χ1n) is 6.92. The number of aromatic nitrogens is 2. The van der Waals surface area contributed by atoms with Crippen LogP contribution in [0.2, 0.25) is 0 Å². The van der Waals surface area contributed by atoms with Crippen molar-refractivity contribution in [3.8, 4) is 0 Å². The van der Waals surface area contributed by atoms with Gasteiger partial charge in [0.2, 0.25) is 16.7 Å². The lowest BCUT2D eigenvalue weighted by atomic mass is 10.1. The molecule has 0 saturated heterocycles. The topological polar surface area (TPSA) is 75.2 Å². The van der Waals surface area contributed by atoms with Gasteiger partial charge in [-0.05, 0) is 6.42 Å². The molecule has 0 radical (unpaired) electrons. The molecule has 118 valence electrons. The smallest absolute Gasteiger partial charge is 0.243 e. The molecule has 6 nitrogen and oxygen atoms in total. The van der Waals surface area contributed by atoms with Gasteiger partial charge >= 0.3 is 0 Å². The lowest BCUT2D eigenvalue weighted by Gasteiger charge is -2.06. The molecule has 1 aromatic rings. The lowest BCUT2D eigenvalue weighted by molar-refractivity contribution is -0.670. The van der Waals surface area contributed by atoms with Crippen LogP contribution in [-0.2, 0) is 28.7 Å². The molecule has 0 aliphatic carbocycles. The molecule has 0 amide bonds. The van der Waals surface area contributed by atoms with Gasteiger partial charge in [-0.1, -0.05) is 39.0 Å². The maximum Gasteiger partial charge on any atom is 0.243 e. The molecule has 0 aliphatic heterocycles. The molecule has 0 fully saturated rings. The molecule has 0 aliphatic rings. The van der Waals surface area contributed by atoms with Crippen LogP contribution in [0.4, 0.5) is 0 Å². The average Bonchev–Trinajstić information content (AvgIpc) is 2.71. The van der Waals surface area contributed by atoms with Gasteiger partial charge in [0.05, 0.1) is 20.7 Å². The summed E-state index contributed by atoms with van der Waals surface area (Å²) in [7, 11) is -0.472. The third kappa shape index (κ3) is 13.5. The third-order valence-electron chi connectivity index (χ3n) is 2.63. The first kappa shape index (κ1) is 19.1. The standard InChI is InChI=1S/C8H18O4S.C5H9N2/c1-2-3-4-5-6-7-8-12-13(9,10)11;1-6-3-4-7(2)5-6/h2-8H2,1H3,(H,9,10,11);3-5H,1-2H3/q;+1/p-1. The number of aryl methyl sites for hydroxylation is 2. The van der Waals surface area contributed by atoms with Crippen LogP contribution in [0.3, 0.4) is 0 Å². The van der Waals surface area contributed by atoms with Crippen LogP contribution in [0, 0.1) is 0 Å². The Morgan fingerprint density at radius 1 is 1.20 bits per heavy atom. The third-order valence-corrected chi connectivity index (χ3v) is 3.08. The molecule has 20 heavy (non-hydrogen) atoms. The van der Waals surface area contributed by atoms with Crippen LogP contribution >= 0.6 is 0 Å². The second-order valence-electron chi connectivity index (χ2n) is 4.74. The Morgan fingerprint density at radius 2 is 1.80 bits per heavy atom. The molecule has 1 heterocycles. The minimum absolute atomic E-state index is 0.0258. The zero-order valence-corrected chi connectivity index (χ0v) is 13.4. The van der Waals surface area contributed by atoms with Crippen molar-refractivity contribution in [2.45, 2.75) is 45.4 Å². The van der Waals surface area contributed by atoms with E-state index in [-0.39, 0.29) is 6.61 Å². The summed E-state index contributed by atoms with van der Waals surface area (Å²) in [4.78, 5) is 0. The summed E-state index contributed by atoms with van der Waals surface area (Å²) in [5.74, 6) is 0. The minimum Gasteiger partial charge on any atom is -0.726 e. The van der Waals surface area contributed by atoms with Crippen molar-refractivity contribution in [3.63, 3.8) is 0 Å². The van der Waals surface area contributed by atoms with Crippen LogP contribution in [0.1, 0.15) is 45.4 Å². The minimum atomic E-state index is -4.47. The van der Waals surface area contributed by atoms with Crippen LogP contribution in [0.5, 0.6) is 0 Å². The fraction of sp³-hybridized carbons (Fsp3) is 0.769. The van der Waals surface area contributed by atoms with Crippen molar-refractivity contribution in [2.24, 2.45) is 14.1 Å². The van der Waals surface area contributed by atoms with Crippen molar-refractivity contribution in [1.29, 1.82) is 0 Å². The quantitative estimate of drug-likeness (QED) is 0.317. The highest BCUT2D eigenvalue weighted by Gasteiger charge is 1.94. The van der Waals surface area contributed by atoms with Gasteiger partial charge in [-0.2, -0.15) is 0 Å². The zero-order chi connectivity index (χ0) is 15.4. The summed E-state index contributed by atoms with van der Waals surface area (Å²) in [5.41, 5.74) is 0. The molecular formula is C13H26N2O4S. The van der Waals surface area contributed by atoms with Crippen LogP contribution < -0.4 is 4.57 Å². The van der Waals surface area contributed by atoms with E-state index in [2.05, 4.69) is 11.1 Å². The summed E-state index contributed by atoms with van der Waals surface area (Å²) in [6.07, 6.45) is 12.2. The summed E-state index contributed by atoms with van der Waals surface area (Å²) in [6.45, 7) is 2.16. The van der Waals surface area contributed by atoms with Gasteiger partial charge in [-0.3, -0.25) is 4.18 Å². The Hall–Kier alpha value is -0.920. The van der Waals surface area contributed by atoms with Crippen LogP contribution in [-0.4, -0.2) is 24.1 Å². The molecule has 7 heteroatoms. The van der Waals surface area contributed by atoms with Gasteiger partial charge in [0.1, 0.15) is 12.4 Å². The number of unbranched alkanes of at least 4 members (excludes halogenated alkanes) is 5. The van der Waals surface area contributed by atoms with Gasteiger partial charge in [0, 0.05) is 0 Å². The fourth-order valence-corrected chi connectivity index (χ4v) is 1.94. The number of rotatable bonds is 8. The number of hydrogen-bond acceptors (Lipinski definition) is 4. The Balaban J connectivity index is 0.000000428. The van der Waals surface area contributed by atoms with E-state index in [0.29, 0.717) is 6.42 Å². The monoisotopic (exact) mass is 306 g/mol. The van der Waals surface area contributed by atoms with Crippen molar-refractivity contribution >= 4 is 10.4 Å². The largest absolute Gasteiger partial charge is 0.726 e. The van der Waals surface area contributed by atoms with E-state index < -0.39 is 10.4 Å². The van der Waals surface area contributed by atoms with Gasteiger partial charge in [-0.25, -0.2) is 17.6 Å². The highest BCUT2D eigenvalue weighted by Crippen LogP contribution is 2.05. The van der Waals surface area contributed by atoms with Crippen molar-refractivity contribution in [3.05, 3.63) is 18.7 Å². The highest BCUT2D eigenvalue weighted by molar-refractivity contribution is 7.80. The molecule has 0 saturated carbocycles. The van der Waals surface area contributed by atoms with Gasteiger partial charge in [-0.15, -0.1) is 0 Å². The van der Waals surface area contributed by atoms with E-state index in [1.807, 2.05) is 42.0 Å². The van der Waals surface area contributed by atoms with E-state index in [1.54, 1.807) is 0 Å². The number of imidazole rings is 1. The number of nitrogens with zero attached hydrogens (tertiary/aromatic N) is 2. The Kier molecular flexibility index (Phi) is 10.3. The molecule has 0 spiro atoms. The van der Waals surface area contributed by atoms with Crippen molar-refractivity contribution in [1.82, 2.24) is 4.57 Å². The van der Waals surface area contributed by atoms with Gasteiger partial charge in [0.25, 0.3) is 0 Å². The highest BCUT2D eigenvalue weighted by atomic mass is 32.3. The normalized spacial score (nSPS) is 11.0. The first-order valence-corrected chi connectivity index (χ1v) is 8.26. The van der Waals surface area contributed by atoms with E-state index in [4.69, 9.17) is 0 Å². The van der Waals surface area contributed by atoms with E-state index >= 15 is 0 Å². The second-order valence-corrected chi connectivity index (χ2v) is 5.79. The predicted molar refractivity (Wildman–Crippen MR) is 75.6 cm³/mol. The Bertz CT molecular complexity index is 426. The average molecular weight is 306 g/mol. The molecule has 0 unspecified atom stereocenters. The summed E-state index contributed by atoms with van der Waals surface area (Å²) in [5, 5.41) is 0.